The maximum absolute atomic E-state index is 12.7. The van der Waals surface area contributed by atoms with Crippen molar-refractivity contribution in [3.8, 4) is 11.3 Å². The van der Waals surface area contributed by atoms with Gasteiger partial charge in [0.25, 0.3) is 0 Å². The van der Waals surface area contributed by atoms with Crippen LogP contribution in [0.15, 0.2) is 42.9 Å². The molecule has 0 spiro atoms. The Kier molecular flexibility index (Phi) is 5.27. The van der Waals surface area contributed by atoms with Gasteiger partial charge in [-0.05, 0) is 63.1 Å². The van der Waals surface area contributed by atoms with E-state index in [0.717, 1.165) is 61.0 Å². The lowest BCUT2D eigenvalue weighted by atomic mass is 9.97. The van der Waals surface area contributed by atoms with E-state index in [0.29, 0.717) is 23.9 Å². The van der Waals surface area contributed by atoms with Gasteiger partial charge in [0.2, 0.25) is 11.9 Å². The van der Waals surface area contributed by atoms with Crippen LogP contribution in [-0.4, -0.2) is 53.7 Å². The molecule has 3 aliphatic rings. The number of rotatable bonds is 6. The van der Waals surface area contributed by atoms with Crippen molar-refractivity contribution in [1.29, 1.82) is 0 Å². The number of fused-ring (bicyclic) bond motifs is 2. The van der Waals surface area contributed by atoms with E-state index in [4.69, 9.17) is 5.11 Å². The average Bonchev–Trinajstić information content (AvgIpc) is 3.55. The zero-order valence-electron chi connectivity index (χ0n) is 19.6. The maximum atomic E-state index is 12.7. The maximum Gasteiger partial charge on any atom is 0.335 e. The van der Waals surface area contributed by atoms with Crippen LogP contribution >= 0.6 is 0 Å². The summed E-state index contributed by atoms with van der Waals surface area (Å²) in [6, 6.07) is 7.63. The smallest absolute Gasteiger partial charge is 0.335 e. The minimum atomic E-state index is -0.955. The van der Waals surface area contributed by atoms with Gasteiger partial charge in [-0.25, -0.2) is 14.8 Å². The van der Waals surface area contributed by atoms with Crippen molar-refractivity contribution < 1.29 is 14.7 Å². The SMILES string of the molecule is Cc1cnc(Nc2cnn(C3CC4CCC(C3)N4C(=O)C3CC3)c2)nc1-c1ccc(C(=O)O)cc1. The number of piperidine rings is 1. The molecule has 1 amide bonds. The first-order valence-electron chi connectivity index (χ1n) is 12.3. The zero-order valence-corrected chi connectivity index (χ0v) is 19.6. The minimum absolute atomic E-state index is 0.238. The quantitative estimate of drug-likeness (QED) is 0.553. The van der Waals surface area contributed by atoms with E-state index in [2.05, 4.69) is 25.3 Å². The van der Waals surface area contributed by atoms with E-state index >= 15 is 0 Å². The molecule has 1 saturated carbocycles. The predicted octanol–water partition coefficient (Wildman–Crippen LogP) is 4.19. The van der Waals surface area contributed by atoms with Crippen molar-refractivity contribution in [3.05, 3.63) is 54.0 Å². The first-order valence-corrected chi connectivity index (χ1v) is 12.3. The topological polar surface area (TPSA) is 113 Å². The van der Waals surface area contributed by atoms with Crippen molar-refractivity contribution in [2.75, 3.05) is 5.32 Å². The second-order valence-corrected chi connectivity index (χ2v) is 9.97. The highest BCUT2D eigenvalue weighted by Crippen LogP contribution is 2.44. The highest BCUT2D eigenvalue weighted by molar-refractivity contribution is 5.88. The minimum Gasteiger partial charge on any atom is -0.478 e. The summed E-state index contributed by atoms with van der Waals surface area (Å²) in [6.45, 7) is 1.93. The van der Waals surface area contributed by atoms with Gasteiger partial charge in [0.15, 0.2) is 0 Å². The highest BCUT2D eigenvalue weighted by atomic mass is 16.4. The van der Waals surface area contributed by atoms with E-state index < -0.39 is 5.97 Å². The van der Waals surface area contributed by atoms with E-state index in [9.17, 15) is 9.59 Å². The lowest BCUT2D eigenvalue weighted by Crippen LogP contribution is -2.47. The summed E-state index contributed by atoms with van der Waals surface area (Å²) >= 11 is 0. The second kappa shape index (κ2) is 8.48. The van der Waals surface area contributed by atoms with Crippen LogP contribution in [0, 0.1) is 12.8 Å². The second-order valence-electron chi connectivity index (χ2n) is 9.97. The first kappa shape index (κ1) is 21.8. The molecule has 9 nitrogen and oxygen atoms in total. The number of nitrogens with one attached hydrogen (secondary N) is 1. The largest absolute Gasteiger partial charge is 0.478 e. The molecule has 2 aromatic heterocycles. The normalized spacial score (nSPS) is 23.3. The Labute approximate surface area is 203 Å². The molecular formula is C26H28N6O3. The number of aromatic carboxylic acids is 1. The van der Waals surface area contributed by atoms with Crippen LogP contribution in [0.1, 0.15) is 60.5 Å². The van der Waals surface area contributed by atoms with Crippen molar-refractivity contribution >= 4 is 23.5 Å². The third kappa shape index (κ3) is 4.15. The summed E-state index contributed by atoms with van der Waals surface area (Å²) in [5.41, 5.74) is 3.53. The number of anilines is 2. The van der Waals surface area contributed by atoms with Gasteiger partial charge in [-0.1, -0.05) is 12.1 Å². The van der Waals surface area contributed by atoms with Crippen LogP contribution < -0.4 is 5.32 Å². The molecule has 6 rings (SSSR count). The summed E-state index contributed by atoms with van der Waals surface area (Å²) < 4.78 is 2.02. The standard InChI is InChI=1S/C26H28N6O3/c1-15-12-27-26(30-23(15)16-2-6-18(7-3-16)25(34)35)29-19-13-28-31(14-19)22-10-20-8-9-21(11-22)32(20)24(33)17-4-5-17/h2-3,6-7,12-14,17,20-22H,4-5,8-11H2,1H3,(H,34,35)(H,27,29,30). The summed E-state index contributed by atoms with van der Waals surface area (Å²) in [6.07, 6.45) is 11.7. The molecule has 1 aliphatic carbocycles. The zero-order chi connectivity index (χ0) is 24.1. The molecule has 2 saturated heterocycles. The molecule has 2 N–H and O–H groups in total. The Balaban J connectivity index is 1.16. The Bertz CT molecular complexity index is 1270. The summed E-state index contributed by atoms with van der Waals surface area (Å²) in [5.74, 6) is 0.161. The Morgan fingerprint density at radius 3 is 2.37 bits per heavy atom. The van der Waals surface area contributed by atoms with Crippen LogP contribution in [0.5, 0.6) is 0 Å². The number of carbonyl (C=O) groups excluding carboxylic acids is 1. The summed E-state index contributed by atoms with van der Waals surface area (Å²) in [7, 11) is 0. The van der Waals surface area contributed by atoms with Crippen LogP contribution in [0.3, 0.4) is 0 Å². The average molecular weight is 473 g/mol. The van der Waals surface area contributed by atoms with Crippen LogP contribution in [0.2, 0.25) is 0 Å². The highest BCUT2D eigenvalue weighted by Gasteiger charge is 2.47. The van der Waals surface area contributed by atoms with Gasteiger partial charge in [-0.2, -0.15) is 5.10 Å². The Hall–Kier alpha value is -3.75. The number of aryl methyl sites for hydroxylation is 1. The predicted molar refractivity (Wildman–Crippen MR) is 129 cm³/mol. The number of nitrogens with zero attached hydrogens (tertiary/aromatic N) is 5. The molecule has 2 bridgehead atoms. The lowest BCUT2D eigenvalue weighted by molar-refractivity contribution is -0.137. The number of carbonyl (C=O) groups is 2. The van der Waals surface area contributed by atoms with Gasteiger partial charge in [0.1, 0.15) is 0 Å². The van der Waals surface area contributed by atoms with Gasteiger partial charge < -0.3 is 15.3 Å². The number of amides is 1. The van der Waals surface area contributed by atoms with Gasteiger partial charge >= 0.3 is 5.97 Å². The molecule has 2 unspecified atom stereocenters. The molecule has 9 heteroatoms. The molecule has 1 aromatic carbocycles. The molecule has 180 valence electrons. The van der Waals surface area contributed by atoms with Crippen LogP contribution in [0.4, 0.5) is 11.6 Å². The van der Waals surface area contributed by atoms with Gasteiger partial charge in [-0.3, -0.25) is 9.48 Å². The van der Waals surface area contributed by atoms with Crippen LogP contribution in [0.25, 0.3) is 11.3 Å². The molecule has 35 heavy (non-hydrogen) atoms. The number of carboxylic acid groups (broad SMARTS) is 1. The Morgan fingerprint density at radius 1 is 1.00 bits per heavy atom. The fourth-order valence-corrected chi connectivity index (χ4v) is 5.56. The van der Waals surface area contributed by atoms with Crippen molar-refractivity contribution in [2.24, 2.45) is 5.92 Å². The van der Waals surface area contributed by atoms with Crippen molar-refractivity contribution in [2.45, 2.75) is 63.6 Å². The van der Waals surface area contributed by atoms with Gasteiger partial charge in [0, 0.05) is 36.0 Å². The van der Waals surface area contributed by atoms with Crippen LogP contribution in [-0.2, 0) is 4.79 Å². The Morgan fingerprint density at radius 2 is 1.71 bits per heavy atom. The summed E-state index contributed by atoms with van der Waals surface area (Å²) in [5, 5.41) is 17.0. The van der Waals surface area contributed by atoms with E-state index in [1.807, 2.05) is 17.8 Å². The third-order valence-electron chi connectivity index (χ3n) is 7.50. The molecule has 0 radical (unpaired) electrons. The number of benzene rings is 1. The number of hydrogen-bond acceptors (Lipinski definition) is 6. The number of hydrogen-bond donors (Lipinski definition) is 2. The molecule has 4 heterocycles. The number of aromatic nitrogens is 4. The first-order chi connectivity index (χ1) is 17.0. The van der Waals surface area contributed by atoms with E-state index in [1.54, 1.807) is 36.7 Å². The third-order valence-corrected chi connectivity index (χ3v) is 7.50. The fraction of sp³-hybridized carbons (Fsp3) is 0.423. The fourth-order valence-electron chi connectivity index (χ4n) is 5.56. The molecule has 3 fully saturated rings. The van der Waals surface area contributed by atoms with Crippen molar-refractivity contribution in [3.63, 3.8) is 0 Å². The van der Waals surface area contributed by atoms with Crippen molar-refractivity contribution in [1.82, 2.24) is 24.6 Å². The molecule has 2 atom stereocenters. The lowest BCUT2D eigenvalue weighted by Gasteiger charge is -2.39. The van der Waals surface area contributed by atoms with Gasteiger partial charge in [-0.15, -0.1) is 0 Å². The van der Waals surface area contributed by atoms with E-state index in [-0.39, 0.29) is 17.5 Å². The number of carboxylic acids is 1. The molecular weight excluding hydrogens is 444 g/mol. The molecule has 3 aromatic rings. The monoisotopic (exact) mass is 472 g/mol. The molecule has 2 aliphatic heterocycles. The summed E-state index contributed by atoms with van der Waals surface area (Å²) in [4.78, 5) is 35.1. The van der Waals surface area contributed by atoms with E-state index in [1.165, 1.54) is 0 Å². The van der Waals surface area contributed by atoms with Gasteiger partial charge in [0.05, 0.1) is 29.2 Å².